The fourth-order valence-electron chi connectivity index (χ4n) is 0.339. The summed E-state index contributed by atoms with van der Waals surface area (Å²) in [5.74, 6) is 0. The van der Waals surface area contributed by atoms with Crippen LogP contribution in [-0.4, -0.2) is 29.7 Å². The van der Waals surface area contributed by atoms with Gasteiger partial charge in [-0.15, -0.1) is 0 Å². The summed E-state index contributed by atoms with van der Waals surface area (Å²) in [6.07, 6.45) is 0.468. The third-order valence-electron chi connectivity index (χ3n) is 0.716. The van der Waals surface area contributed by atoms with E-state index in [2.05, 4.69) is 0 Å². The van der Waals surface area contributed by atoms with Crippen molar-refractivity contribution in [1.29, 1.82) is 0 Å². The largest absolute Gasteiger partial charge is 0.492 e. The molecule has 4 nitrogen and oxygen atoms in total. The van der Waals surface area contributed by atoms with E-state index in [1.54, 1.807) is 0 Å². The molecule has 0 aromatic carbocycles. The first-order valence-electron chi connectivity index (χ1n) is 2.43. The highest BCUT2D eigenvalue weighted by molar-refractivity contribution is 6.56. The van der Waals surface area contributed by atoms with Crippen molar-refractivity contribution in [2.24, 2.45) is 5.73 Å². The van der Waals surface area contributed by atoms with Gasteiger partial charge < -0.3 is 20.1 Å². The smallest absolute Gasteiger partial charge is 0.390 e. The molecule has 0 unspecified atom stereocenters. The van der Waals surface area contributed by atoms with E-state index in [0.717, 1.165) is 0 Å². The summed E-state index contributed by atoms with van der Waals surface area (Å²) >= 11 is 0. The highest BCUT2D eigenvalue weighted by Crippen LogP contribution is 1.97. The van der Waals surface area contributed by atoms with E-state index in [1.807, 2.05) is 0 Å². The molecule has 0 saturated carbocycles. The first kappa shape index (κ1) is 8.06. The van der Waals surface area contributed by atoms with Crippen LogP contribution < -0.4 is 5.73 Å². The molecule has 0 saturated heterocycles. The molecular formula is C3H11NO3Si. The van der Waals surface area contributed by atoms with Crippen LogP contribution in [0.25, 0.3) is 0 Å². The van der Waals surface area contributed by atoms with Gasteiger partial charge in [0.1, 0.15) is 0 Å². The maximum absolute atomic E-state index is 8.34. The Labute approximate surface area is 48.9 Å². The average molecular weight is 137 g/mol. The van der Waals surface area contributed by atoms with Gasteiger partial charge in [0.05, 0.1) is 0 Å². The zero-order valence-electron chi connectivity index (χ0n) is 4.54. The predicted octanol–water partition coefficient (Wildman–Crippen LogP) is -1.75. The Morgan fingerprint density at radius 3 is 1.88 bits per heavy atom. The zero-order chi connectivity index (χ0) is 6.62. The lowest BCUT2D eigenvalue weighted by Crippen LogP contribution is -2.34. The molecule has 0 aliphatic carbocycles. The van der Waals surface area contributed by atoms with Gasteiger partial charge in [-0.2, -0.15) is 0 Å². The predicted molar refractivity (Wildman–Crippen MR) is 30.9 cm³/mol. The second kappa shape index (κ2) is 3.16. The van der Waals surface area contributed by atoms with Crippen molar-refractivity contribution in [2.45, 2.75) is 12.5 Å². The molecule has 0 bridgehead atoms. The van der Waals surface area contributed by atoms with Crippen molar-refractivity contribution in [2.75, 3.05) is 6.54 Å². The van der Waals surface area contributed by atoms with Crippen LogP contribution in [-0.2, 0) is 0 Å². The Morgan fingerprint density at radius 1 is 1.25 bits per heavy atom. The standard InChI is InChI=1S/C3H11NO3Si/c4-2-1-3-8(5,6)7/h5-7H,1-4H2. The van der Waals surface area contributed by atoms with Crippen LogP contribution in [0.1, 0.15) is 6.42 Å². The van der Waals surface area contributed by atoms with Crippen LogP contribution in [0.5, 0.6) is 0 Å². The van der Waals surface area contributed by atoms with Crippen LogP contribution in [0.15, 0.2) is 0 Å². The van der Waals surface area contributed by atoms with E-state index in [0.29, 0.717) is 13.0 Å². The molecule has 0 aliphatic heterocycles. The number of nitrogens with two attached hydrogens (primary N) is 1. The zero-order valence-corrected chi connectivity index (χ0v) is 5.54. The molecule has 0 aromatic heterocycles. The second-order valence-electron chi connectivity index (χ2n) is 1.67. The summed E-state index contributed by atoms with van der Waals surface area (Å²) in [4.78, 5) is 25.0. The van der Waals surface area contributed by atoms with Gasteiger partial charge in [0, 0.05) is 6.04 Å². The van der Waals surface area contributed by atoms with Gasteiger partial charge in [0.15, 0.2) is 0 Å². The lowest BCUT2D eigenvalue weighted by Gasteiger charge is -2.06. The first-order chi connectivity index (χ1) is 3.56. The molecule has 0 fully saturated rings. The highest BCUT2D eigenvalue weighted by atomic mass is 28.4. The van der Waals surface area contributed by atoms with Crippen LogP contribution in [0.3, 0.4) is 0 Å². The van der Waals surface area contributed by atoms with E-state index < -0.39 is 8.80 Å². The fourth-order valence-corrected chi connectivity index (χ4v) is 1.02. The lowest BCUT2D eigenvalue weighted by molar-refractivity contribution is 0.227. The lowest BCUT2D eigenvalue weighted by atomic mass is 10.5. The Morgan fingerprint density at radius 2 is 1.75 bits per heavy atom. The van der Waals surface area contributed by atoms with E-state index in [9.17, 15) is 0 Å². The molecule has 0 atom stereocenters. The second-order valence-corrected chi connectivity index (χ2v) is 3.72. The molecule has 0 aromatic rings. The van der Waals surface area contributed by atoms with Crippen LogP contribution >= 0.6 is 0 Å². The van der Waals surface area contributed by atoms with Crippen LogP contribution in [0.4, 0.5) is 0 Å². The molecule has 5 heteroatoms. The summed E-state index contributed by atoms with van der Waals surface area (Å²) in [7, 11) is -3.76. The molecular weight excluding hydrogens is 126 g/mol. The number of hydrogen-bond donors (Lipinski definition) is 4. The summed E-state index contributed by atoms with van der Waals surface area (Å²) in [6.45, 7) is 0.385. The maximum atomic E-state index is 8.34. The van der Waals surface area contributed by atoms with Gasteiger partial charge in [-0.1, -0.05) is 0 Å². The van der Waals surface area contributed by atoms with Gasteiger partial charge >= 0.3 is 8.80 Å². The van der Waals surface area contributed by atoms with Crippen molar-refractivity contribution in [1.82, 2.24) is 0 Å². The van der Waals surface area contributed by atoms with Crippen molar-refractivity contribution in [3.8, 4) is 0 Å². The van der Waals surface area contributed by atoms with Crippen molar-refractivity contribution in [3.63, 3.8) is 0 Å². The molecule has 0 amide bonds. The normalized spacial score (nSPS) is 12.0. The van der Waals surface area contributed by atoms with Gasteiger partial charge in [0.2, 0.25) is 0 Å². The van der Waals surface area contributed by atoms with E-state index in [1.165, 1.54) is 0 Å². The topological polar surface area (TPSA) is 86.7 Å². The van der Waals surface area contributed by atoms with E-state index in [4.69, 9.17) is 20.1 Å². The minimum atomic E-state index is -3.76. The van der Waals surface area contributed by atoms with Gasteiger partial charge in [-0.05, 0) is 13.0 Å². The molecule has 5 N–H and O–H groups in total. The quantitative estimate of drug-likeness (QED) is 0.347. The fraction of sp³-hybridized carbons (Fsp3) is 1.00. The molecule has 8 heavy (non-hydrogen) atoms. The monoisotopic (exact) mass is 137 g/mol. The minimum Gasteiger partial charge on any atom is -0.390 e. The Kier molecular flexibility index (Phi) is 3.18. The van der Waals surface area contributed by atoms with Gasteiger partial charge in [-0.3, -0.25) is 0 Å². The SMILES string of the molecule is NCCC[Si](O)(O)O. The molecule has 0 rings (SSSR count). The first-order valence-corrected chi connectivity index (χ1v) is 4.48. The van der Waals surface area contributed by atoms with Crippen molar-refractivity contribution >= 4 is 8.80 Å². The molecule has 50 valence electrons. The summed E-state index contributed by atoms with van der Waals surface area (Å²) in [5.41, 5.74) is 5.02. The average Bonchev–Trinajstić information content (AvgIpc) is 1.59. The maximum Gasteiger partial charge on any atom is 0.492 e. The minimum absolute atomic E-state index is 0.0451. The van der Waals surface area contributed by atoms with Crippen molar-refractivity contribution < 1.29 is 14.4 Å². The van der Waals surface area contributed by atoms with E-state index >= 15 is 0 Å². The van der Waals surface area contributed by atoms with Gasteiger partial charge in [0.25, 0.3) is 0 Å². The van der Waals surface area contributed by atoms with Crippen LogP contribution in [0, 0.1) is 0 Å². The molecule has 0 heterocycles. The summed E-state index contributed by atoms with van der Waals surface area (Å²) in [5, 5.41) is 0. The highest BCUT2D eigenvalue weighted by Gasteiger charge is 2.24. The van der Waals surface area contributed by atoms with E-state index in [-0.39, 0.29) is 6.04 Å². The third kappa shape index (κ3) is 6.06. The Bertz CT molecular complexity index is 62.0. The third-order valence-corrected chi connectivity index (χ3v) is 1.74. The molecule has 0 aliphatic rings. The number of hydrogen-bond acceptors (Lipinski definition) is 4. The van der Waals surface area contributed by atoms with Crippen LogP contribution in [0.2, 0.25) is 6.04 Å². The molecule has 0 radical (unpaired) electrons. The Balaban J connectivity index is 3.11. The summed E-state index contributed by atoms with van der Waals surface area (Å²) in [6, 6.07) is 0.0451. The van der Waals surface area contributed by atoms with Crippen molar-refractivity contribution in [3.05, 3.63) is 0 Å². The number of rotatable bonds is 3. The van der Waals surface area contributed by atoms with Gasteiger partial charge in [-0.25, -0.2) is 0 Å². The Hall–Kier alpha value is 0.0569. The summed E-state index contributed by atoms with van der Waals surface area (Å²) < 4.78 is 0. The molecule has 0 spiro atoms.